The van der Waals surface area contributed by atoms with Crippen LogP contribution >= 0.6 is 11.6 Å². The molecule has 0 bridgehead atoms. The minimum absolute atomic E-state index is 0.0492. The number of benzene rings is 1. The largest absolute Gasteiger partial charge is 0.399 e. The van der Waals surface area contributed by atoms with Gasteiger partial charge in [0.25, 0.3) is 5.91 Å². The lowest BCUT2D eigenvalue weighted by molar-refractivity contribution is 0.0660. The number of rotatable bonds is 2. The average Bonchev–Trinajstić information content (AvgIpc) is 2.41. The summed E-state index contributed by atoms with van der Waals surface area (Å²) in [6.45, 7) is 2.04. The number of hydrogen-bond acceptors (Lipinski definition) is 3. The first-order valence-corrected chi connectivity index (χ1v) is 6.87. The van der Waals surface area contributed by atoms with Crippen molar-refractivity contribution < 1.29 is 4.79 Å². The van der Waals surface area contributed by atoms with Crippen molar-refractivity contribution in [2.24, 2.45) is 0 Å². The van der Waals surface area contributed by atoms with Gasteiger partial charge in [0.1, 0.15) is 0 Å². The zero-order chi connectivity index (χ0) is 14.0. The van der Waals surface area contributed by atoms with Gasteiger partial charge in [-0.25, -0.2) is 0 Å². The third-order valence-corrected chi connectivity index (χ3v) is 4.11. The lowest BCUT2D eigenvalue weighted by atomic mass is 10.0. The zero-order valence-electron chi connectivity index (χ0n) is 11.4. The number of amides is 1. The van der Waals surface area contributed by atoms with Crippen LogP contribution in [0.5, 0.6) is 0 Å². The molecule has 0 spiro atoms. The summed E-state index contributed by atoms with van der Waals surface area (Å²) < 4.78 is 0. The number of anilines is 1. The third-order valence-electron chi connectivity index (χ3n) is 3.78. The van der Waals surface area contributed by atoms with Gasteiger partial charge >= 0.3 is 0 Å². The highest BCUT2D eigenvalue weighted by Gasteiger charge is 2.25. The Morgan fingerprint density at radius 3 is 2.68 bits per heavy atom. The summed E-state index contributed by atoms with van der Waals surface area (Å²) in [5, 5.41) is 0.457. The Morgan fingerprint density at radius 2 is 2.05 bits per heavy atom. The molecule has 104 valence electrons. The van der Waals surface area contributed by atoms with Crippen molar-refractivity contribution in [3.05, 3.63) is 28.8 Å². The van der Waals surface area contributed by atoms with Crippen molar-refractivity contribution in [3.8, 4) is 0 Å². The Labute approximate surface area is 119 Å². The number of halogens is 1. The topological polar surface area (TPSA) is 49.6 Å². The van der Waals surface area contributed by atoms with E-state index >= 15 is 0 Å². The molecule has 2 N–H and O–H groups in total. The fourth-order valence-corrected chi connectivity index (χ4v) is 2.64. The van der Waals surface area contributed by atoms with Gasteiger partial charge in [-0.1, -0.05) is 11.6 Å². The normalized spacial score (nSPS) is 17.4. The third kappa shape index (κ3) is 3.19. The molecular formula is C14H20ClN3O. The number of carbonyl (C=O) groups excluding carboxylic acids is 1. The molecule has 1 saturated heterocycles. The summed E-state index contributed by atoms with van der Waals surface area (Å²) >= 11 is 6.09. The van der Waals surface area contributed by atoms with E-state index in [0.29, 0.717) is 16.3 Å². The standard InChI is InChI=1S/C14H20ClN3O/c1-17-7-5-11(6-8-17)18(2)14(19)12-9-10(16)3-4-13(12)15/h3-4,9,11H,5-8,16H2,1-2H3. The molecule has 1 fully saturated rings. The smallest absolute Gasteiger partial charge is 0.255 e. The number of likely N-dealkylation sites (tertiary alicyclic amines) is 1. The monoisotopic (exact) mass is 281 g/mol. The predicted octanol–water partition coefficient (Wildman–Crippen LogP) is 2.09. The Kier molecular flexibility index (Phi) is 4.32. The maximum atomic E-state index is 12.5. The molecule has 4 nitrogen and oxygen atoms in total. The fraction of sp³-hybridized carbons (Fsp3) is 0.500. The van der Waals surface area contributed by atoms with Crippen LogP contribution in [0.1, 0.15) is 23.2 Å². The highest BCUT2D eigenvalue weighted by molar-refractivity contribution is 6.34. The molecule has 0 atom stereocenters. The van der Waals surface area contributed by atoms with Crippen LogP contribution in [0.2, 0.25) is 5.02 Å². The lowest BCUT2D eigenvalue weighted by Crippen LogP contribution is -2.44. The van der Waals surface area contributed by atoms with Crippen molar-refractivity contribution in [2.75, 3.05) is 32.9 Å². The van der Waals surface area contributed by atoms with Crippen LogP contribution in [0, 0.1) is 0 Å². The van der Waals surface area contributed by atoms with Crippen LogP contribution in [0.15, 0.2) is 18.2 Å². The molecule has 1 aromatic carbocycles. The van der Waals surface area contributed by atoms with Gasteiger partial charge in [0.05, 0.1) is 10.6 Å². The van der Waals surface area contributed by atoms with E-state index < -0.39 is 0 Å². The van der Waals surface area contributed by atoms with E-state index in [2.05, 4.69) is 11.9 Å². The lowest BCUT2D eigenvalue weighted by Gasteiger charge is -2.35. The first kappa shape index (κ1) is 14.2. The average molecular weight is 282 g/mol. The molecule has 0 unspecified atom stereocenters. The molecule has 19 heavy (non-hydrogen) atoms. The number of hydrogen-bond donors (Lipinski definition) is 1. The minimum atomic E-state index is -0.0492. The van der Waals surface area contributed by atoms with Crippen LogP contribution in [0.3, 0.4) is 0 Å². The van der Waals surface area contributed by atoms with Crippen molar-refractivity contribution in [1.29, 1.82) is 0 Å². The van der Waals surface area contributed by atoms with Crippen LogP contribution in [0.25, 0.3) is 0 Å². The van der Waals surface area contributed by atoms with E-state index in [9.17, 15) is 4.79 Å². The number of nitrogen functional groups attached to an aromatic ring is 1. The summed E-state index contributed by atoms with van der Waals surface area (Å²) in [6, 6.07) is 5.30. The molecule has 1 heterocycles. The van der Waals surface area contributed by atoms with Gasteiger partial charge in [-0.05, 0) is 51.2 Å². The van der Waals surface area contributed by atoms with Gasteiger partial charge in [0.15, 0.2) is 0 Å². The molecule has 1 aliphatic heterocycles. The Bertz CT molecular complexity index is 470. The molecule has 0 aliphatic carbocycles. The molecule has 1 aromatic rings. The molecular weight excluding hydrogens is 262 g/mol. The molecule has 1 amide bonds. The molecule has 0 saturated carbocycles. The second-order valence-corrected chi connectivity index (χ2v) is 5.60. The van der Waals surface area contributed by atoms with Gasteiger partial charge in [-0.2, -0.15) is 0 Å². The highest BCUT2D eigenvalue weighted by atomic mass is 35.5. The number of piperidine rings is 1. The summed E-state index contributed by atoms with van der Waals surface area (Å²) in [5.41, 5.74) is 6.77. The second-order valence-electron chi connectivity index (χ2n) is 5.19. The van der Waals surface area contributed by atoms with Crippen molar-refractivity contribution >= 4 is 23.2 Å². The van der Waals surface area contributed by atoms with Gasteiger partial charge in [0, 0.05) is 18.8 Å². The van der Waals surface area contributed by atoms with Crippen molar-refractivity contribution in [3.63, 3.8) is 0 Å². The maximum Gasteiger partial charge on any atom is 0.255 e. The Morgan fingerprint density at radius 1 is 1.42 bits per heavy atom. The van der Waals surface area contributed by atoms with E-state index in [0.717, 1.165) is 25.9 Å². The number of nitrogens with zero attached hydrogens (tertiary/aromatic N) is 2. The second kappa shape index (κ2) is 5.80. The van der Waals surface area contributed by atoms with E-state index in [-0.39, 0.29) is 11.9 Å². The predicted molar refractivity (Wildman–Crippen MR) is 78.5 cm³/mol. The molecule has 1 aliphatic rings. The fourth-order valence-electron chi connectivity index (χ4n) is 2.44. The molecule has 0 radical (unpaired) electrons. The Hall–Kier alpha value is -1.26. The van der Waals surface area contributed by atoms with E-state index in [1.54, 1.807) is 23.1 Å². The van der Waals surface area contributed by atoms with Gasteiger partial charge in [-0.3, -0.25) is 4.79 Å². The van der Waals surface area contributed by atoms with Gasteiger partial charge < -0.3 is 15.5 Å². The van der Waals surface area contributed by atoms with E-state index in [1.165, 1.54) is 0 Å². The van der Waals surface area contributed by atoms with Crippen LogP contribution in [-0.2, 0) is 0 Å². The van der Waals surface area contributed by atoms with E-state index in [1.807, 2.05) is 7.05 Å². The quantitative estimate of drug-likeness (QED) is 0.845. The summed E-state index contributed by atoms with van der Waals surface area (Å²) in [6.07, 6.45) is 2.00. The van der Waals surface area contributed by atoms with Gasteiger partial charge in [-0.15, -0.1) is 0 Å². The molecule has 0 aromatic heterocycles. The number of nitrogens with two attached hydrogens (primary N) is 1. The maximum absolute atomic E-state index is 12.5. The van der Waals surface area contributed by atoms with Crippen molar-refractivity contribution in [1.82, 2.24) is 9.80 Å². The van der Waals surface area contributed by atoms with Crippen LogP contribution in [0.4, 0.5) is 5.69 Å². The summed E-state index contributed by atoms with van der Waals surface area (Å²) in [7, 11) is 3.95. The summed E-state index contributed by atoms with van der Waals surface area (Å²) in [5.74, 6) is -0.0492. The van der Waals surface area contributed by atoms with Crippen LogP contribution in [-0.4, -0.2) is 48.9 Å². The molecule has 2 rings (SSSR count). The SMILES string of the molecule is CN1CCC(N(C)C(=O)c2cc(N)ccc2Cl)CC1. The minimum Gasteiger partial charge on any atom is -0.399 e. The highest BCUT2D eigenvalue weighted by Crippen LogP contribution is 2.23. The first-order valence-electron chi connectivity index (χ1n) is 6.50. The zero-order valence-corrected chi connectivity index (χ0v) is 12.2. The van der Waals surface area contributed by atoms with Crippen LogP contribution < -0.4 is 5.73 Å². The Balaban J connectivity index is 2.12. The van der Waals surface area contributed by atoms with Crippen molar-refractivity contribution in [2.45, 2.75) is 18.9 Å². The first-order chi connectivity index (χ1) is 8.99. The molecule has 5 heteroatoms. The summed E-state index contributed by atoms with van der Waals surface area (Å²) in [4.78, 5) is 16.6. The number of carbonyl (C=O) groups is 1. The van der Waals surface area contributed by atoms with Gasteiger partial charge in [0.2, 0.25) is 0 Å². The van der Waals surface area contributed by atoms with E-state index in [4.69, 9.17) is 17.3 Å².